The van der Waals surface area contributed by atoms with Gasteiger partial charge in [-0.05, 0) is 114 Å². The minimum Gasteiger partial charge on any atom is -0.496 e. The molecule has 6 rings (SSSR count). The number of nitrogens with zero attached hydrogens (tertiary/aromatic N) is 4. The third-order valence-corrected chi connectivity index (χ3v) is 11.3. The molecule has 57 heavy (non-hydrogen) atoms. The van der Waals surface area contributed by atoms with Crippen LogP contribution in [0.5, 0.6) is 5.75 Å². The van der Waals surface area contributed by atoms with Crippen molar-refractivity contribution in [2.45, 2.75) is 118 Å². The highest BCUT2D eigenvalue weighted by molar-refractivity contribution is 6.33. The van der Waals surface area contributed by atoms with Gasteiger partial charge in [0.1, 0.15) is 28.8 Å². The van der Waals surface area contributed by atoms with Crippen LogP contribution in [0.4, 0.5) is 11.4 Å². The Morgan fingerprint density at radius 3 is 1.68 bits per heavy atom. The average molecular weight is 803 g/mol. The van der Waals surface area contributed by atoms with Gasteiger partial charge in [0.05, 0.1) is 48.3 Å². The molecule has 0 unspecified atom stereocenters. The van der Waals surface area contributed by atoms with E-state index in [4.69, 9.17) is 35.8 Å². The number of nitrogens with one attached hydrogen (secondary N) is 2. The molecule has 0 aliphatic heterocycles. The van der Waals surface area contributed by atoms with Crippen molar-refractivity contribution < 1.29 is 19.0 Å². The van der Waals surface area contributed by atoms with Crippen LogP contribution in [-0.2, 0) is 41.8 Å². The monoisotopic (exact) mass is 802 g/mol. The fourth-order valence-corrected chi connectivity index (χ4v) is 8.10. The molecule has 2 N–H and O–H groups in total. The summed E-state index contributed by atoms with van der Waals surface area (Å²) >= 11 is 6.63. The molecule has 4 aromatic rings. The number of benzene rings is 2. The summed E-state index contributed by atoms with van der Waals surface area (Å²) in [5, 5.41) is 7.28. The Kier molecular flexibility index (Phi) is 15.1. The van der Waals surface area contributed by atoms with Gasteiger partial charge in [0.25, 0.3) is 11.1 Å². The maximum absolute atomic E-state index is 13.3. The molecule has 0 saturated heterocycles. The summed E-state index contributed by atoms with van der Waals surface area (Å²) in [4.78, 5) is 48.2. The molecule has 2 heterocycles. The molecule has 0 amide bonds. The van der Waals surface area contributed by atoms with Crippen molar-refractivity contribution in [3.8, 4) is 28.5 Å². The highest BCUT2D eigenvalue weighted by Gasteiger charge is 2.26. The fraction of sp³-hybridized carbons (Fsp3) is 0.523. The number of ketones is 1. The van der Waals surface area contributed by atoms with Gasteiger partial charge in [0.2, 0.25) is 0 Å². The SMILES string of the molecule is CCC(CC)Nc1c(C)nc(-c2cc3c(cc2OC)C(=O)CC3)n(CC)c1=O.CCn1c(-c2cc3c(cc2Cl)CCCC3)nc(C)c(NC(COC)COC)c1=O. The van der Waals surface area contributed by atoms with Crippen LogP contribution in [0.1, 0.15) is 98.2 Å². The number of hydrogen-bond donors (Lipinski definition) is 2. The molecule has 2 aromatic carbocycles. The Balaban J connectivity index is 0.000000218. The lowest BCUT2D eigenvalue weighted by Gasteiger charge is -2.22. The number of Topliss-reactive ketones (excluding diaryl/α,β-unsaturated/α-hetero) is 1. The Bertz CT molecular complexity index is 2190. The lowest BCUT2D eigenvalue weighted by Crippen LogP contribution is -2.35. The largest absolute Gasteiger partial charge is 0.496 e. The Hall–Kier alpha value is -4.52. The normalized spacial score (nSPS) is 13.4. The summed E-state index contributed by atoms with van der Waals surface area (Å²) in [6, 6.07) is 8.02. The van der Waals surface area contributed by atoms with Crippen LogP contribution in [0.2, 0.25) is 5.02 Å². The van der Waals surface area contributed by atoms with Crippen molar-refractivity contribution >= 4 is 28.8 Å². The predicted octanol–water partition coefficient (Wildman–Crippen LogP) is 7.82. The molecule has 13 heteroatoms. The van der Waals surface area contributed by atoms with Crippen LogP contribution < -0.4 is 26.5 Å². The van der Waals surface area contributed by atoms with Crippen molar-refractivity contribution in [1.82, 2.24) is 19.1 Å². The van der Waals surface area contributed by atoms with Gasteiger partial charge in [-0.3, -0.25) is 23.5 Å². The second-order valence-electron chi connectivity index (χ2n) is 14.7. The van der Waals surface area contributed by atoms with Crippen molar-refractivity contribution in [2.24, 2.45) is 0 Å². The number of aromatic nitrogens is 4. The first kappa shape index (κ1) is 43.6. The quantitative estimate of drug-likeness (QED) is 0.122. The first-order valence-electron chi connectivity index (χ1n) is 20.2. The number of methoxy groups -OCH3 is 3. The fourth-order valence-electron chi connectivity index (χ4n) is 7.83. The Morgan fingerprint density at radius 2 is 1.18 bits per heavy atom. The van der Waals surface area contributed by atoms with Gasteiger partial charge in [-0.15, -0.1) is 0 Å². The molecule has 12 nitrogen and oxygen atoms in total. The number of rotatable bonds is 15. The number of halogens is 1. The van der Waals surface area contributed by atoms with Crippen LogP contribution in [0.15, 0.2) is 33.9 Å². The number of anilines is 2. The number of hydrogen-bond acceptors (Lipinski definition) is 10. The molecule has 0 fully saturated rings. The Morgan fingerprint density at radius 1 is 0.667 bits per heavy atom. The highest BCUT2D eigenvalue weighted by atomic mass is 35.5. The van der Waals surface area contributed by atoms with Crippen LogP contribution >= 0.6 is 11.6 Å². The molecule has 2 aliphatic rings. The van der Waals surface area contributed by atoms with E-state index in [1.165, 1.54) is 24.0 Å². The average Bonchev–Trinajstić information content (AvgIpc) is 3.57. The van der Waals surface area contributed by atoms with E-state index in [1.54, 1.807) is 36.5 Å². The smallest absolute Gasteiger partial charge is 0.277 e. The van der Waals surface area contributed by atoms with Gasteiger partial charge in [-0.25, -0.2) is 9.97 Å². The maximum atomic E-state index is 13.3. The van der Waals surface area contributed by atoms with Crippen LogP contribution in [0, 0.1) is 13.8 Å². The third-order valence-electron chi connectivity index (χ3n) is 11.0. The zero-order valence-electron chi connectivity index (χ0n) is 35.1. The standard InChI is InChI=1S/C22H30ClN3O3.C22H29N3O3/c1-5-26-21(18-10-15-8-6-7-9-16(15)11-19(18)23)24-14(2)20(22(26)27)25-17(12-28-3)13-29-4;1-6-15(7-2)24-20-13(4)23-21(25(8-3)22(20)27)17-11-14-9-10-18(26)16(14)12-19(17)28-5/h10-11,17,25H,5-9,12-13H2,1-4H3;11-12,15,24H,6-10H2,1-5H3. The maximum Gasteiger partial charge on any atom is 0.277 e. The first-order valence-corrected chi connectivity index (χ1v) is 20.6. The molecule has 2 aliphatic carbocycles. The van der Waals surface area contributed by atoms with E-state index in [1.807, 2.05) is 39.8 Å². The van der Waals surface area contributed by atoms with Gasteiger partial charge in [-0.2, -0.15) is 0 Å². The second kappa shape index (κ2) is 19.8. The summed E-state index contributed by atoms with van der Waals surface area (Å²) in [7, 11) is 4.83. The van der Waals surface area contributed by atoms with E-state index in [0.29, 0.717) is 77.9 Å². The van der Waals surface area contributed by atoms with Crippen LogP contribution in [0.3, 0.4) is 0 Å². The number of aryl methyl sites for hydroxylation is 5. The van der Waals surface area contributed by atoms with Crippen LogP contribution in [0.25, 0.3) is 22.8 Å². The van der Waals surface area contributed by atoms with E-state index in [-0.39, 0.29) is 29.0 Å². The lowest BCUT2D eigenvalue weighted by atomic mass is 9.90. The molecular weight excluding hydrogens is 744 g/mol. The minimum absolute atomic E-state index is 0.0736. The number of carbonyl (C=O) groups is 1. The summed E-state index contributed by atoms with van der Waals surface area (Å²) < 4.78 is 19.4. The van der Waals surface area contributed by atoms with E-state index in [2.05, 4.69) is 30.5 Å². The van der Waals surface area contributed by atoms with Crippen molar-refractivity contribution in [2.75, 3.05) is 45.2 Å². The first-order chi connectivity index (χ1) is 27.4. The van der Waals surface area contributed by atoms with E-state index in [9.17, 15) is 14.4 Å². The van der Waals surface area contributed by atoms with Crippen molar-refractivity contribution in [3.63, 3.8) is 0 Å². The zero-order chi connectivity index (χ0) is 41.4. The number of ether oxygens (including phenoxy) is 3. The van der Waals surface area contributed by atoms with E-state index < -0.39 is 0 Å². The summed E-state index contributed by atoms with van der Waals surface area (Å²) in [6.45, 7) is 13.7. The number of fused-ring (bicyclic) bond motifs is 2. The third kappa shape index (κ3) is 9.45. The van der Waals surface area contributed by atoms with Gasteiger partial charge in [0, 0.05) is 50.9 Å². The molecule has 0 atom stereocenters. The summed E-state index contributed by atoms with van der Waals surface area (Å²) in [6.07, 6.45) is 7.61. The summed E-state index contributed by atoms with van der Waals surface area (Å²) in [5.74, 6) is 1.91. The van der Waals surface area contributed by atoms with Gasteiger partial charge in [0.15, 0.2) is 5.78 Å². The molecule has 0 radical (unpaired) electrons. The molecule has 2 aromatic heterocycles. The molecule has 0 saturated carbocycles. The summed E-state index contributed by atoms with van der Waals surface area (Å²) in [5.41, 5.74) is 8.09. The predicted molar refractivity (Wildman–Crippen MR) is 229 cm³/mol. The molecule has 0 spiro atoms. The zero-order valence-corrected chi connectivity index (χ0v) is 35.8. The van der Waals surface area contributed by atoms with E-state index >= 15 is 0 Å². The lowest BCUT2D eigenvalue weighted by molar-refractivity contribution is 0.0994. The molecule has 308 valence electrons. The van der Waals surface area contributed by atoms with Gasteiger partial charge in [-0.1, -0.05) is 25.4 Å². The molecular formula is C44H59ClN6O6. The minimum atomic E-state index is -0.137. The van der Waals surface area contributed by atoms with Gasteiger partial charge < -0.3 is 24.8 Å². The van der Waals surface area contributed by atoms with Crippen molar-refractivity contribution in [3.05, 3.63) is 83.6 Å². The second-order valence-corrected chi connectivity index (χ2v) is 15.1. The number of carbonyl (C=O) groups excluding carboxylic acids is 1. The topological polar surface area (TPSA) is 139 Å². The van der Waals surface area contributed by atoms with Gasteiger partial charge >= 0.3 is 0 Å². The van der Waals surface area contributed by atoms with Crippen LogP contribution in [-0.4, -0.2) is 71.5 Å². The highest BCUT2D eigenvalue weighted by Crippen LogP contribution is 2.36. The Labute approximate surface area is 341 Å². The van der Waals surface area contributed by atoms with Crippen molar-refractivity contribution in [1.29, 1.82) is 0 Å². The van der Waals surface area contributed by atoms with E-state index in [0.717, 1.165) is 54.4 Å². The molecule has 0 bridgehead atoms.